The number of nitrogens with two attached hydrogens (primary N) is 1. The van der Waals surface area contributed by atoms with E-state index < -0.39 is 0 Å². The highest BCUT2D eigenvalue weighted by Gasteiger charge is 2.07. The Morgan fingerprint density at radius 2 is 1.80 bits per heavy atom. The number of halogens is 1. The SMILES string of the molecule is COc1cc(C=NN=C(N)SCc2ccccc2)ccc1OCc1ccccc1Br. The molecule has 3 aromatic carbocycles. The Labute approximate surface area is 189 Å². The number of rotatable bonds is 8. The molecule has 0 heterocycles. The summed E-state index contributed by atoms with van der Waals surface area (Å²) in [6.45, 7) is 0.435. The third kappa shape index (κ3) is 6.64. The Bertz CT molecular complexity index is 1030. The minimum atomic E-state index is 0.412. The normalized spacial score (nSPS) is 11.6. The summed E-state index contributed by atoms with van der Waals surface area (Å²) < 4.78 is 12.4. The maximum atomic E-state index is 5.92. The van der Waals surface area contributed by atoms with Crippen molar-refractivity contribution in [2.24, 2.45) is 15.9 Å². The number of ether oxygens (including phenoxy) is 2. The van der Waals surface area contributed by atoms with Crippen molar-refractivity contribution < 1.29 is 9.47 Å². The Balaban J connectivity index is 1.59. The summed E-state index contributed by atoms with van der Waals surface area (Å²) in [5, 5.41) is 8.54. The maximum absolute atomic E-state index is 5.92. The first-order chi connectivity index (χ1) is 14.7. The molecule has 3 aromatic rings. The summed E-state index contributed by atoms with van der Waals surface area (Å²) in [6, 6.07) is 23.6. The van der Waals surface area contributed by atoms with Gasteiger partial charge in [-0.2, -0.15) is 5.10 Å². The van der Waals surface area contributed by atoms with Gasteiger partial charge in [-0.15, -0.1) is 5.10 Å². The number of thioether (sulfide) groups is 1. The second kappa shape index (κ2) is 11.4. The minimum absolute atomic E-state index is 0.412. The van der Waals surface area contributed by atoms with Crippen LogP contribution >= 0.6 is 27.7 Å². The van der Waals surface area contributed by atoms with Crippen LogP contribution in [0.1, 0.15) is 16.7 Å². The Hall–Kier alpha value is -2.77. The fourth-order valence-electron chi connectivity index (χ4n) is 2.57. The average molecular weight is 484 g/mol. The summed E-state index contributed by atoms with van der Waals surface area (Å²) in [5.41, 5.74) is 9.01. The van der Waals surface area contributed by atoms with Crippen LogP contribution in [-0.2, 0) is 12.4 Å². The van der Waals surface area contributed by atoms with Crippen molar-refractivity contribution in [3.05, 3.63) is 94.0 Å². The van der Waals surface area contributed by atoms with Gasteiger partial charge >= 0.3 is 0 Å². The van der Waals surface area contributed by atoms with Crippen LogP contribution < -0.4 is 15.2 Å². The molecule has 5 nitrogen and oxygen atoms in total. The molecule has 2 N–H and O–H groups in total. The molecule has 30 heavy (non-hydrogen) atoms. The molecule has 0 aliphatic heterocycles. The third-order valence-electron chi connectivity index (χ3n) is 4.12. The van der Waals surface area contributed by atoms with Gasteiger partial charge in [-0.1, -0.05) is 76.2 Å². The molecule has 0 aliphatic carbocycles. The van der Waals surface area contributed by atoms with Crippen LogP contribution in [0.3, 0.4) is 0 Å². The summed E-state index contributed by atoms with van der Waals surface area (Å²) in [5.74, 6) is 2.04. The van der Waals surface area contributed by atoms with E-state index in [0.717, 1.165) is 21.4 Å². The Morgan fingerprint density at radius 1 is 1.03 bits per heavy atom. The number of amidine groups is 1. The minimum Gasteiger partial charge on any atom is -0.493 e. The van der Waals surface area contributed by atoms with Crippen molar-refractivity contribution in [3.8, 4) is 11.5 Å². The van der Waals surface area contributed by atoms with Crippen LogP contribution in [0.2, 0.25) is 0 Å². The standard InChI is InChI=1S/C23H22BrN3O2S/c1-28-22-13-18(11-12-21(22)29-15-19-9-5-6-10-20(19)24)14-26-27-23(25)30-16-17-7-3-2-4-8-17/h2-14H,15-16H2,1H3,(H2,25,27). The molecule has 0 fully saturated rings. The maximum Gasteiger partial charge on any atom is 0.180 e. The monoisotopic (exact) mass is 483 g/mol. The summed E-state index contributed by atoms with van der Waals surface area (Å²) in [6.07, 6.45) is 1.63. The van der Waals surface area contributed by atoms with Gasteiger partial charge in [-0.3, -0.25) is 0 Å². The van der Waals surface area contributed by atoms with E-state index >= 15 is 0 Å². The van der Waals surface area contributed by atoms with E-state index in [9.17, 15) is 0 Å². The molecule has 0 atom stereocenters. The van der Waals surface area contributed by atoms with E-state index in [-0.39, 0.29) is 0 Å². The van der Waals surface area contributed by atoms with Crippen molar-refractivity contribution in [2.75, 3.05) is 7.11 Å². The lowest BCUT2D eigenvalue weighted by atomic mass is 10.2. The van der Waals surface area contributed by atoms with E-state index in [2.05, 4.69) is 38.3 Å². The van der Waals surface area contributed by atoms with Gasteiger partial charge in [0.2, 0.25) is 0 Å². The molecule has 7 heteroatoms. The molecule has 0 saturated heterocycles. The zero-order valence-electron chi connectivity index (χ0n) is 16.5. The quantitative estimate of drug-likeness (QED) is 0.256. The van der Waals surface area contributed by atoms with Crippen LogP contribution in [0.25, 0.3) is 0 Å². The zero-order valence-corrected chi connectivity index (χ0v) is 18.9. The first kappa shape index (κ1) is 21.9. The van der Waals surface area contributed by atoms with Gasteiger partial charge in [-0.25, -0.2) is 0 Å². The first-order valence-electron chi connectivity index (χ1n) is 9.23. The molecule has 0 radical (unpaired) electrons. The van der Waals surface area contributed by atoms with Gasteiger partial charge in [0.25, 0.3) is 0 Å². The highest BCUT2D eigenvalue weighted by atomic mass is 79.9. The van der Waals surface area contributed by atoms with Gasteiger partial charge < -0.3 is 15.2 Å². The van der Waals surface area contributed by atoms with E-state index in [0.29, 0.717) is 23.3 Å². The Morgan fingerprint density at radius 3 is 2.57 bits per heavy atom. The molecule has 0 aliphatic rings. The molecule has 154 valence electrons. The second-order valence-electron chi connectivity index (χ2n) is 6.25. The van der Waals surface area contributed by atoms with E-state index in [4.69, 9.17) is 15.2 Å². The van der Waals surface area contributed by atoms with Gasteiger partial charge in [0.1, 0.15) is 6.61 Å². The summed E-state index contributed by atoms with van der Waals surface area (Å²) in [4.78, 5) is 0. The number of hydrogen-bond acceptors (Lipinski definition) is 5. The second-order valence-corrected chi connectivity index (χ2v) is 8.10. The Kier molecular flexibility index (Phi) is 8.35. The first-order valence-corrected chi connectivity index (χ1v) is 11.0. The van der Waals surface area contributed by atoms with Crippen LogP contribution in [0.15, 0.2) is 87.5 Å². The third-order valence-corrected chi connectivity index (χ3v) is 5.75. The summed E-state index contributed by atoms with van der Waals surface area (Å²) >= 11 is 4.97. The van der Waals surface area contributed by atoms with E-state index in [1.165, 1.54) is 17.3 Å². The number of benzene rings is 3. The lowest BCUT2D eigenvalue weighted by molar-refractivity contribution is 0.284. The molecule has 0 bridgehead atoms. The van der Waals surface area contributed by atoms with Crippen molar-refractivity contribution in [3.63, 3.8) is 0 Å². The van der Waals surface area contributed by atoms with Crippen molar-refractivity contribution >= 4 is 39.1 Å². The molecular weight excluding hydrogens is 462 g/mol. The van der Waals surface area contributed by atoms with E-state index in [1.54, 1.807) is 13.3 Å². The summed E-state index contributed by atoms with van der Waals surface area (Å²) in [7, 11) is 1.61. The molecule has 3 rings (SSSR count). The van der Waals surface area contributed by atoms with Crippen molar-refractivity contribution in [1.29, 1.82) is 0 Å². The van der Waals surface area contributed by atoms with Crippen molar-refractivity contribution in [2.45, 2.75) is 12.4 Å². The highest BCUT2D eigenvalue weighted by molar-refractivity contribution is 9.10. The molecule has 0 unspecified atom stereocenters. The highest BCUT2D eigenvalue weighted by Crippen LogP contribution is 2.29. The predicted molar refractivity (Wildman–Crippen MR) is 128 cm³/mol. The smallest absolute Gasteiger partial charge is 0.180 e. The van der Waals surface area contributed by atoms with Gasteiger partial charge in [0, 0.05) is 15.8 Å². The number of hydrogen-bond donors (Lipinski definition) is 1. The van der Waals surface area contributed by atoms with Gasteiger partial charge in [0.15, 0.2) is 16.7 Å². The van der Waals surface area contributed by atoms with E-state index in [1.807, 2.05) is 60.7 Å². The van der Waals surface area contributed by atoms with Crippen LogP contribution in [0, 0.1) is 0 Å². The van der Waals surface area contributed by atoms with Crippen LogP contribution in [-0.4, -0.2) is 18.5 Å². The lowest BCUT2D eigenvalue weighted by Gasteiger charge is -2.12. The predicted octanol–water partition coefficient (Wildman–Crippen LogP) is 5.62. The van der Waals surface area contributed by atoms with Crippen molar-refractivity contribution in [1.82, 2.24) is 0 Å². The lowest BCUT2D eigenvalue weighted by Crippen LogP contribution is -2.06. The molecule has 0 spiro atoms. The topological polar surface area (TPSA) is 69.2 Å². The molecule has 0 amide bonds. The van der Waals surface area contributed by atoms with Crippen LogP contribution in [0.4, 0.5) is 0 Å². The number of nitrogens with zero attached hydrogens (tertiary/aromatic N) is 2. The fraction of sp³-hybridized carbons (Fsp3) is 0.130. The fourth-order valence-corrected chi connectivity index (χ4v) is 3.58. The van der Waals surface area contributed by atoms with Gasteiger partial charge in [0.05, 0.1) is 13.3 Å². The molecular formula is C23H22BrN3O2S. The molecule has 0 saturated carbocycles. The zero-order chi connectivity index (χ0) is 21.2. The average Bonchev–Trinajstić information content (AvgIpc) is 2.78. The number of methoxy groups -OCH3 is 1. The largest absolute Gasteiger partial charge is 0.493 e. The van der Waals surface area contributed by atoms with Gasteiger partial charge in [-0.05, 0) is 35.4 Å². The molecule has 0 aromatic heterocycles. The van der Waals surface area contributed by atoms with Crippen LogP contribution in [0.5, 0.6) is 11.5 Å².